The first-order chi connectivity index (χ1) is 7.63. The number of thioether (sulfide) groups is 1. The molecule has 1 aromatic carbocycles. The van der Waals surface area contributed by atoms with E-state index in [1.165, 1.54) is 10.5 Å². The van der Waals surface area contributed by atoms with Crippen molar-refractivity contribution in [3.63, 3.8) is 0 Å². The van der Waals surface area contributed by atoms with Gasteiger partial charge in [-0.3, -0.25) is 0 Å². The molecule has 16 heavy (non-hydrogen) atoms. The lowest BCUT2D eigenvalue weighted by Crippen LogP contribution is -2.12. The van der Waals surface area contributed by atoms with Gasteiger partial charge >= 0.3 is 0 Å². The van der Waals surface area contributed by atoms with Gasteiger partial charge in [0, 0.05) is 22.2 Å². The van der Waals surface area contributed by atoms with Crippen molar-refractivity contribution in [1.29, 1.82) is 0 Å². The molecule has 0 unspecified atom stereocenters. The van der Waals surface area contributed by atoms with Gasteiger partial charge in [-0.15, -0.1) is 11.8 Å². The zero-order valence-electron chi connectivity index (χ0n) is 10.2. The van der Waals surface area contributed by atoms with Crippen LogP contribution in [0.2, 0.25) is 5.02 Å². The molecule has 1 aromatic rings. The first-order valence-corrected chi connectivity index (χ1v) is 7.11. The standard InChI is InChI=1S/C13H20ClNS/c1-4-15-8-11-7-12(14)5-6-13(11)16-9-10(2)3/h5-7,10,15H,4,8-9H2,1-3H3. The quantitative estimate of drug-likeness (QED) is 0.767. The molecule has 1 nitrogen and oxygen atoms in total. The van der Waals surface area contributed by atoms with Gasteiger partial charge in [0.15, 0.2) is 0 Å². The summed E-state index contributed by atoms with van der Waals surface area (Å²) >= 11 is 7.94. The largest absolute Gasteiger partial charge is 0.313 e. The zero-order valence-corrected chi connectivity index (χ0v) is 11.8. The molecule has 0 spiro atoms. The van der Waals surface area contributed by atoms with Gasteiger partial charge in [-0.25, -0.2) is 0 Å². The molecule has 0 amide bonds. The highest BCUT2D eigenvalue weighted by Crippen LogP contribution is 2.27. The average molecular weight is 258 g/mol. The van der Waals surface area contributed by atoms with Crippen molar-refractivity contribution < 1.29 is 0 Å². The van der Waals surface area contributed by atoms with Crippen LogP contribution in [0.4, 0.5) is 0 Å². The Labute approximate surface area is 108 Å². The molecular formula is C13H20ClNS. The summed E-state index contributed by atoms with van der Waals surface area (Å²) in [5.74, 6) is 1.87. The fraction of sp³-hybridized carbons (Fsp3) is 0.538. The molecule has 0 aromatic heterocycles. The minimum atomic E-state index is 0.715. The summed E-state index contributed by atoms with van der Waals surface area (Å²) in [7, 11) is 0. The van der Waals surface area contributed by atoms with Crippen molar-refractivity contribution in [2.45, 2.75) is 32.2 Å². The zero-order chi connectivity index (χ0) is 12.0. The molecular weight excluding hydrogens is 238 g/mol. The second kappa shape index (κ2) is 7.21. The highest BCUT2D eigenvalue weighted by Gasteiger charge is 2.05. The predicted octanol–water partition coefficient (Wildman–Crippen LogP) is 4.20. The van der Waals surface area contributed by atoms with E-state index < -0.39 is 0 Å². The van der Waals surface area contributed by atoms with Crippen LogP contribution in [0.1, 0.15) is 26.3 Å². The Morgan fingerprint density at radius 1 is 1.38 bits per heavy atom. The molecule has 0 radical (unpaired) electrons. The van der Waals surface area contributed by atoms with Crippen LogP contribution in [-0.2, 0) is 6.54 Å². The summed E-state index contributed by atoms with van der Waals surface area (Å²) in [6.07, 6.45) is 0. The van der Waals surface area contributed by atoms with Gasteiger partial charge in [0.25, 0.3) is 0 Å². The minimum Gasteiger partial charge on any atom is -0.313 e. The van der Waals surface area contributed by atoms with Crippen LogP contribution >= 0.6 is 23.4 Å². The number of hydrogen-bond donors (Lipinski definition) is 1. The van der Waals surface area contributed by atoms with Gasteiger partial charge in [0.1, 0.15) is 0 Å². The normalized spacial score (nSPS) is 11.1. The molecule has 3 heteroatoms. The van der Waals surface area contributed by atoms with Crippen LogP contribution < -0.4 is 5.32 Å². The number of nitrogens with one attached hydrogen (secondary N) is 1. The van der Waals surface area contributed by atoms with E-state index in [-0.39, 0.29) is 0 Å². The Balaban J connectivity index is 2.72. The maximum Gasteiger partial charge on any atom is 0.0410 e. The van der Waals surface area contributed by atoms with Gasteiger partial charge in [-0.1, -0.05) is 32.4 Å². The lowest BCUT2D eigenvalue weighted by molar-refractivity contribution is 0.716. The molecule has 1 rings (SSSR count). The summed E-state index contributed by atoms with van der Waals surface area (Å²) in [6, 6.07) is 6.16. The minimum absolute atomic E-state index is 0.715. The highest BCUT2D eigenvalue weighted by atomic mass is 35.5. The van der Waals surface area contributed by atoms with E-state index in [1.54, 1.807) is 0 Å². The third-order valence-electron chi connectivity index (χ3n) is 2.16. The summed E-state index contributed by atoms with van der Waals surface area (Å²) in [6.45, 7) is 8.49. The Hall–Kier alpha value is -0.180. The summed E-state index contributed by atoms with van der Waals surface area (Å²) in [4.78, 5) is 1.35. The van der Waals surface area contributed by atoms with Crippen molar-refractivity contribution >= 4 is 23.4 Å². The maximum absolute atomic E-state index is 6.02. The number of benzene rings is 1. The fourth-order valence-electron chi connectivity index (χ4n) is 1.34. The number of halogens is 1. The lowest BCUT2D eigenvalue weighted by Gasteiger charge is -2.11. The Bertz CT molecular complexity index is 326. The van der Waals surface area contributed by atoms with Gasteiger partial charge in [-0.05, 0) is 36.2 Å². The fourth-order valence-corrected chi connectivity index (χ4v) is 2.53. The van der Waals surface area contributed by atoms with E-state index in [9.17, 15) is 0 Å². The van der Waals surface area contributed by atoms with Crippen LogP contribution in [0.25, 0.3) is 0 Å². The second-order valence-electron chi connectivity index (χ2n) is 4.24. The smallest absolute Gasteiger partial charge is 0.0410 e. The molecule has 0 bridgehead atoms. The first-order valence-electron chi connectivity index (χ1n) is 5.75. The van der Waals surface area contributed by atoms with Gasteiger partial charge < -0.3 is 5.32 Å². The van der Waals surface area contributed by atoms with E-state index in [0.29, 0.717) is 5.92 Å². The third kappa shape index (κ3) is 4.77. The highest BCUT2D eigenvalue weighted by molar-refractivity contribution is 7.99. The topological polar surface area (TPSA) is 12.0 Å². The van der Waals surface area contributed by atoms with Gasteiger partial charge in [0.2, 0.25) is 0 Å². The Morgan fingerprint density at radius 3 is 2.75 bits per heavy atom. The number of rotatable bonds is 6. The molecule has 0 aliphatic heterocycles. The van der Waals surface area contributed by atoms with Gasteiger partial charge in [0.05, 0.1) is 0 Å². The molecule has 0 saturated carbocycles. The molecule has 0 aliphatic carbocycles. The molecule has 0 atom stereocenters. The summed E-state index contributed by atoms with van der Waals surface area (Å²) in [5, 5.41) is 4.17. The van der Waals surface area contributed by atoms with Crippen molar-refractivity contribution in [1.82, 2.24) is 5.32 Å². The van der Waals surface area contributed by atoms with Crippen LogP contribution in [0.15, 0.2) is 23.1 Å². The van der Waals surface area contributed by atoms with E-state index >= 15 is 0 Å². The lowest BCUT2D eigenvalue weighted by atomic mass is 10.2. The average Bonchev–Trinajstić information content (AvgIpc) is 2.24. The van der Waals surface area contributed by atoms with Crippen LogP contribution in [0, 0.1) is 5.92 Å². The van der Waals surface area contributed by atoms with Crippen LogP contribution in [-0.4, -0.2) is 12.3 Å². The first kappa shape index (κ1) is 13.9. The van der Waals surface area contributed by atoms with E-state index in [4.69, 9.17) is 11.6 Å². The molecule has 0 saturated heterocycles. The summed E-state index contributed by atoms with van der Waals surface area (Å²) in [5.41, 5.74) is 1.31. The van der Waals surface area contributed by atoms with Crippen molar-refractivity contribution in [2.75, 3.05) is 12.3 Å². The molecule has 90 valence electrons. The molecule has 0 fully saturated rings. The van der Waals surface area contributed by atoms with Gasteiger partial charge in [-0.2, -0.15) is 0 Å². The second-order valence-corrected chi connectivity index (χ2v) is 5.74. The summed E-state index contributed by atoms with van der Waals surface area (Å²) < 4.78 is 0. The van der Waals surface area contributed by atoms with Crippen molar-refractivity contribution in [2.24, 2.45) is 5.92 Å². The Kier molecular flexibility index (Phi) is 6.25. The van der Waals surface area contributed by atoms with Crippen LogP contribution in [0.5, 0.6) is 0 Å². The van der Waals surface area contributed by atoms with E-state index in [1.807, 2.05) is 17.8 Å². The van der Waals surface area contributed by atoms with Crippen molar-refractivity contribution in [3.05, 3.63) is 28.8 Å². The molecule has 0 heterocycles. The van der Waals surface area contributed by atoms with Crippen molar-refractivity contribution in [3.8, 4) is 0 Å². The van der Waals surface area contributed by atoms with Crippen LogP contribution in [0.3, 0.4) is 0 Å². The maximum atomic E-state index is 6.02. The number of hydrogen-bond acceptors (Lipinski definition) is 2. The van der Waals surface area contributed by atoms with E-state index in [0.717, 1.165) is 23.9 Å². The third-order valence-corrected chi connectivity index (χ3v) is 3.94. The molecule has 1 N–H and O–H groups in total. The van der Waals surface area contributed by atoms with E-state index in [2.05, 4.69) is 38.2 Å². The predicted molar refractivity (Wildman–Crippen MR) is 74.4 cm³/mol. The Morgan fingerprint density at radius 2 is 2.12 bits per heavy atom. The monoisotopic (exact) mass is 257 g/mol. The SMILES string of the molecule is CCNCc1cc(Cl)ccc1SCC(C)C. The molecule has 0 aliphatic rings.